The van der Waals surface area contributed by atoms with Crippen LogP contribution in [0.5, 0.6) is 0 Å². The second-order valence-electron chi connectivity index (χ2n) is 4.70. The highest BCUT2D eigenvalue weighted by atomic mass is 32.1. The van der Waals surface area contributed by atoms with Crippen LogP contribution in [-0.4, -0.2) is 15.9 Å². The van der Waals surface area contributed by atoms with Gasteiger partial charge in [-0.15, -0.1) is 11.3 Å². The maximum absolute atomic E-state index is 12.1. The van der Waals surface area contributed by atoms with Gasteiger partial charge in [0.1, 0.15) is 5.01 Å². The Labute approximate surface area is 120 Å². The Morgan fingerprint density at radius 2 is 2.30 bits per heavy atom. The molecule has 0 saturated carbocycles. The Morgan fingerprint density at radius 3 is 3.10 bits per heavy atom. The van der Waals surface area contributed by atoms with Crippen LogP contribution in [0.25, 0.3) is 10.9 Å². The van der Waals surface area contributed by atoms with Crippen molar-refractivity contribution in [2.45, 2.75) is 19.4 Å². The molecule has 2 N–H and O–H groups in total. The minimum atomic E-state index is -0.0484. The highest BCUT2D eigenvalue weighted by molar-refractivity contribution is 7.09. The number of nitrogens with zero attached hydrogens (tertiary/aromatic N) is 1. The minimum absolute atomic E-state index is 0.0115. The second kappa shape index (κ2) is 5.46. The number of amides is 1. The van der Waals surface area contributed by atoms with Gasteiger partial charge in [-0.1, -0.05) is 18.2 Å². The summed E-state index contributed by atoms with van der Waals surface area (Å²) >= 11 is 1.55. The van der Waals surface area contributed by atoms with Crippen molar-refractivity contribution >= 4 is 28.1 Å². The van der Waals surface area contributed by atoms with E-state index in [-0.39, 0.29) is 11.9 Å². The van der Waals surface area contributed by atoms with Gasteiger partial charge in [-0.25, -0.2) is 4.98 Å². The van der Waals surface area contributed by atoms with Crippen molar-refractivity contribution in [3.05, 3.63) is 52.6 Å². The van der Waals surface area contributed by atoms with Gasteiger partial charge in [0.25, 0.3) is 0 Å². The number of para-hydroxylation sites is 1. The van der Waals surface area contributed by atoms with Crippen LogP contribution in [0.1, 0.15) is 23.5 Å². The molecule has 1 unspecified atom stereocenters. The van der Waals surface area contributed by atoms with Crippen LogP contribution in [0.4, 0.5) is 0 Å². The molecule has 3 rings (SSSR count). The summed E-state index contributed by atoms with van der Waals surface area (Å²) in [5.74, 6) is 0.0115. The third-order valence-electron chi connectivity index (χ3n) is 3.23. The van der Waals surface area contributed by atoms with Crippen molar-refractivity contribution in [1.29, 1.82) is 0 Å². The third kappa shape index (κ3) is 2.58. The lowest BCUT2D eigenvalue weighted by Crippen LogP contribution is -2.27. The van der Waals surface area contributed by atoms with Gasteiger partial charge in [0.2, 0.25) is 5.91 Å². The molecule has 0 fully saturated rings. The number of aromatic amines is 1. The van der Waals surface area contributed by atoms with E-state index in [9.17, 15) is 4.79 Å². The minimum Gasteiger partial charge on any atom is -0.361 e. The average molecular weight is 285 g/mol. The number of benzene rings is 1. The van der Waals surface area contributed by atoms with Crippen LogP contribution in [0.2, 0.25) is 0 Å². The molecule has 0 radical (unpaired) electrons. The molecule has 2 heterocycles. The first-order chi connectivity index (χ1) is 9.74. The van der Waals surface area contributed by atoms with Gasteiger partial charge >= 0.3 is 0 Å². The molecule has 0 aliphatic rings. The van der Waals surface area contributed by atoms with E-state index in [4.69, 9.17) is 0 Å². The molecule has 2 aromatic heterocycles. The molecule has 1 atom stereocenters. The van der Waals surface area contributed by atoms with Crippen molar-refractivity contribution in [1.82, 2.24) is 15.3 Å². The summed E-state index contributed by atoms with van der Waals surface area (Å²) in [6.07, 6.45) is 4.03. The fourth-order valence-corrected chi connectivity index (χ4v) is 2.90. The summed E-state index contributed by atoms with van der Waals surface area (Å²) in [6.45, 7) is 1.95. The summed E-state index contributed by atoms with van der Waals surface area (Å²) < 4.78 is 0. The smallest absolute Gasteiger partial charge is 0.225 e. The molecule has 0 saturated heterocycles. The summed E-state index contributed by atoms with van der Waals surface area (Å²) in [4.78, 5) is 19.5. The van der Waals surface area contributed by atoms with Crippen LogP contribution < -0.4 is 5.32 Å². The fraction of sp³-hybridized carbons (Fsp3) is 0.200. The molecule has 0 aliphatic carbocycles. The fourth-order valence-electron chi connectivity index (χ4n) is 2.25. The van der Waals surface area contributed by atoms with Crippen LogP contribution in [0.3, 0.4) is 0 Å². The van der Waals surface area contributed by atoms with Crippen molar-refractivity contribution < 1.29 is 4.79 Å². The van der Waals surface area contributed by atoms with Crippen molar-refractivity contribution in [3.63, 3.8) is 0 Å². The van der Waals surface area contributed by atoms with Gasteiger partial charge in [0.05, 0.1) is 12.5 Å². The number of nitrogens with one attached hydrogen (secondary N) is 2. The first-order valence-corrected chi connectivity index (χ1v) is 7.36. The number of carbonyl (C=O) groups is 1. The molecule has 3 aromatic rings. The largest absolute Gasteiger partial charge is 0.361 e. The molecule has 0 aliphatic heterocycles. The standard InChI is InChI=1S/C15H15N3OS/c1-10(15-16-6-7-20-15)18-14(19)8-11-9-17-13-5-3-2-4-12(11)13/h2-7,9-10,17H,8H2,1H3,(H,18,19). The lowest BCUT2D eigenvalue weighted by atomic mass is 10.1. The van der Waals surface area contributed by atoms with E-state index in [1.54, 1.807) is 17.5 Å². The second-order valence-corrected chi connectivity index (χ2v) is 5.62. The predicted octanol–water partition coefficient (Wildman–Crippen LogP) is 3.04. The van der Waals surface area contributed by atoms with Crippen LogP contribution in [-0.2, 0) is 11.2 Å². The summed E-state index contributed by atoms with van der Waals surface area (Å²) in [6, 6.07) is 7.95. The average Bonchev–Trinajstić information content (AvgIpc) is 3.09. The van der Waals surface area contributed by atoms with Gasteiger partial charge in [-0.3, -0.25) is 4.79 Å². The van der Waals surface area contributed by atoms with E-state index in [2.05, 4.69) is 15.3 Å². The maximum Gasteiger partial charge on any atom is 0.225 e. The van der Waals surface area contributed by atoms with Crippen LogP contribution >= 0.6 is 11.3 Å². The van der Waals surface area contributed by atoms with E-state index < -0.39 is 0 Å². The summed E-state index contributed by atoms with van der Waals surface area (Å²) in [7, 11) is 0. The zero-order valence-electron chi connectivity index (χ0n) is 11.1. The Bertz CT molecular complexity index is 718. The van der Waals surface area contributed by atoms with Crippen molar-refractivity contribution in [2.24, 2.45) is 0 Å². The van der Waals surface area contributed by atoms with Crippen LogP contribution in [0, 0.1) is 0 Å². The molecule has 4 nitrogen and oxygen atoms in total. The molecule has 20 heavy (non-hydrogen) atoms. The predicted molar refractivity (Wildman–Crippen MR) is 80.7 cm³/mol. The van der Waals surface area contributed by atoms with E-state index in [0.29, 0.717) is 6.42 Å². The molecular formula is C15H15N3OS. The number of hydrogen-bond donors (Lipinski definition) is 2. The van der Waals surface area contributed by atoms with Crippen molar-refractivity contribution in [2.75, 3.05) is 0 Å². The lowest BCUT2D eigenvalue weighted by molar-refractivity contribution is -0.121. The number of hydrogen-bond acceptors (Lipinski definition) is 3. The SMILES string of the molecule is CC(NC(=O)Cc1c[nH]c2ccccc12)c1nccs1. The number of rotatable bonds is 4. The number of fused-ring (bicyclic) bond motifs is 1. The van der Waals surface area contributed by atoms with E-state index in [1.807, 2.05) is 42.8 Å². The molecule has 1 amide bonds. The monoisotopic (exact) mass is 285 g/mol. The molecule has 102 valence electrons. The molecule has 0 bridgehead atoms. The maximum atomic E-state index is 12.1. The first-order valence-electron chi connectivity index (χ1n) is 6.48. The van der Waals surface area contributed by atoms with E-state index >= 15 is 0 Å². The topological polar surface area (TPSA) is 57.8 Å². The Morgan fingerprint density at radius 1 is 1.45 bits per heavy atom. The number of carbonyl (C=O) groups excluding carboxylic acids is 1. The lowest BCUT2D eigenvalue weighted by Gasteiger charge is -2.10. The number of thiazole rings is 1. The molecule has 5 heteroatoms. The zero-order chi connectivity index (χ0) is 13.9. The Balaban J connectivity index is 1.70. The molecule has 0 spiro atoms. The molecule has 1 aromatic carbocycles. The quantitative estimate of drug-likeness (QED) is 0.774. The van der Waals surface area contributed by atoms with Gasteiger partial charge in [-0.05, 0) is 18.6 Å². The Kier molecular flexibility index (Phi) is 3.52. The van der Waals surface area contributed by atoms with Crippen molar-refractivity contribution in [3.8, 4) is 0 Å². The molecular weight excluding hydrogens is 270 g/mol. The van der Waals surface area contributed by atoms with E-state index in [0.717, 1.165) is 21.5 Å². The highest BCUT2D eigenvalue weighted by Crippen LogP contribution is 2.19. The Hall–Kier alpha value is -2.14. The number of H-pyrrole nitrogens is 1. The summed E-state index contributed by atoms with van der Waals surface area (Å²) in [5, 5.41) is 6.92. The van der Waals surface area contributed by atoms with E-state index in [1.165, 1.54) is 0 Å². The van der Waals surface area contributed by atoms with Gasteiger partial charge < -0.3 is 10.3 Å². The zero-order valence-corrected chi connectivity index (χ0v) is 11.9. The first kappa shape index (κ1) is 12.9. The van der Waals surface area contributed by atoms with Gasteiger partial charge in [0, 0.05) is 28.7 Å². The third-order valence-corrected chi connectivity index (χ3v) is 4.18. The van der Waals surface area contributed by atoms with Gasteiger partial charge in [0.15, 0.2) is 0 Å². The normalized spacial score (nSPS) is 12.4. The van der Waals surface area contributed by atoms with Gasteiger partial charge in [-0.2, -0.15) is 0 Å². The highest BCUT2D eigenvalue weighted by Gasteiger charge is 2.13. The van der Waals surface area contributed by atoms with Crippen LogP contribution in [0.15, 0.2) is 42.0 Å². The summed E-state index contributed by atoms with van der Waals surface area (Å²) in [5.41, 5.74) is 2.08. The number of aromatic nitrogens is 2.